The molecular formula is C24H37N3O5. The molecule has 32 heavy (non-hydrogen) atoms. The fourth-order valence-electron chi connectivity index (χ4n) is 4.82. The van der Waals surface area contributed by atoms with Gasteiger partial charge in [-0.3, -0.25) is 9.63 Å². The van der Waals surface area contributed by atoms with Gasteiger partial charge in [-0.2, -0.15) is 10.1 Å². The third-order valence-corrected chi connectivity index (χ3v) is 6.78. The first-order chi connectivity index (χ1) is 15.3. The number of benzene rings is 1. The molecule has 8 heteroatoms. The van der Waals surface area contributed by atoms with Gasteiger partial charge in [0.1, 0.15) is 11.8 Å². The Hall–Kier alpha value is -1.84. The van der Waals surface area contributed by atoms with Crippen molar-refractivity contribution in [3.05, 3.63) is 34.4 Å². The largest absolute Gasteiger partial charge is 0.302 e. The zero-order chi connectivity index (χ0) is 23.3. The Labute approximate surface area is 191 Å². The predicted octanol–water partition coefficient (Wildman–Crippen LogP) is 2.54. The summed E-state index contributed by atoms with van der Waals surface area (Å²) in [7, 11) is 3.29. The molecule has 0 atom stereocenters. The van der Waals surface area contributed by atoms with Gasteiger partial charge < -0.3 is 14.5 Å². The first-order valence-electron chi connectivity index (χ1n) is 11.4. The van der Waals surface area contributed by atoms with Crippen LogP contribution in [0.3, 0.4) is 0 Å². The standard InChI is InChI=1S/C24H37N3O5/c1-18-14-19(2)22(20(3)15-18)16-23(29)27(32-21-6-10-25(30-4)11-7-21)24(17-28)8-12-26(31-5)13-9-24/h14-15,17,21H,6-13,16H2,1-5H3. The van der Waals surface area contributed by atoms with Gasteiger partial charge in [-0.05, 0) is 63.1 Å². The van der Waals surface area contributed by atoms with Gasteiger partial charge in [-0.15, -0.1) is 0 Å². The van der Waals surface area contributed by atoms with Crippen molar-refractivity contribution in [1.82, 2.24) is 15.2 Å². The molecule has 2 heterocycles. The molecule has 2 aliphatic heterocycles. The highest BCUT2D eigenvalue weighted by atomic mass is 16.7. The van der Waals surface area contributed by atoms with Gasteiger partial charge in [-0.1, -0.05) is 17.7 Å². The number of hydrogen-bond acceptors (Lipinski definition) is 7. The second-order valence-electron chi connectivity index (χ2n) is 8.99. The van der Waals surface area contributed by atoms with Gasteiger partial charge in [0.15, 0.2) is 0 Å². The molecule has 2 fully saturated rings. The Kier molecular flexibility index (Phi) is 8.41. The minimum absolute atomic E-state index is 0.136. The smallest absolute Gasteiger partial charge is 0.251 e. The summed E-state index contributed by atoms with van der Waals surface area (Å²) in [5.41, 5.74) is 3.35. The van der Waals surface area contributed by atoms with Crippen LogP contribution in [0, 0.1) is 20.8 Å². The summed E-state index contributed by atoms with van der Waals surface area (Å²) in [5.74, 6) is -0.174. The average molecular weight is 448 g/mol. The molecule has 1 aromatic carbocycles. The second-order valence-corrected chi connectivity index (χ2v) is 8.99. The Morgan fingerprint density at radius 1 is 1.03 bits per heavy atom. The number of aryl methyl sites for hydroxylation is 3. The molecule has 2 saturated heterocycles. The van der Waals surface area contributed by atoms with E-state index in [1.165, 1.54) is 10.6 Å². The molecule has 3 rings (SSSR count). The maximum atomic E-state index is 13.7. The van der Waals surface area contributed by atoms with E-state index in [0.717, 1.165) is 48.9 Å². The number of aldehydes is 1. The lowest BCUT2D eigenvalue weighted by atomic mass is 9.88. The Morgan fingerprint density at radius 2 is 1.56 bits per heavy atom. The van der Waals surface area contributed by atoms with E-state index < -0.39 is 5.54 Å². The second kappa shape index (κ2) is 10.9. The van der Waals surface area contributed by atoms with Crippen LogP contribution < -0.4 is 0 Å². The topological polar surface area (TPSA) is 71.6 Å². The maximum Gasteiger partial charge on any atom is 0.251 e. The summed E-state index contributed by atoms with van der Waals surface area (Å²) in [6, 6.07) is 4.18. The van der Waals surface area contributed by atoms with Crippen LogP contribution in [0.4, 0.5) is 0 Å². The Balaban J connectivity index is 1.84. The van der Waals surface area contributed by atoms with Gasteiger partial charge >= 0.3 is 0 Å². The fourth-order valence-corrected chi connectivity index (χ4v) is 4.82. The van der Waals surface area contributed by atoms with Crippen LogP contribution in [0.25, 0.3) is 0 Å². The summed E-state index contributed by atoms with van der Waals surface area (Å²) in [4.78, 5) is 43.1. The van der Waals surface area contributed by atoms with Crippen molar-refractivity contribution in [3.8, 4) is 0 Å². The average Bonchev–Trinajstić information content (AvgIpc) is 2.80. The van der Waals surface area contributed by atoms with E-state index >= 15 is 0 Å². The van der Waals surface area contributed by atoms with Crippen molar-refractivity contribution in [2.75, 3.05) is 40.4 Å². The molecule has 0 unspecified atom stereocenters. The molecule has 178 valence electrons. The first-order valence-corrected chi connectivity index (χ1v) is 11.4. The number of rotatable bonds is 8. The van der Waals surface area contributed by atoms with Crippen molar-refractivity contribution in [2.24, 2.45) is 0 Å². The quantitative estimate of drug-likeness (QED) is 0.448. The van der Waals surface area contributed by atoms with Crippen LogP contribution in [0.15, 0.2) is 12.1 Å². The van der Waals surface area contributed by atoms with Crippen molar-refractivity contribution >= 4 is 12.2 Å². The highest BCUT2D eigenvalue weighted by Crippen LogP contribution is 2.31. The predicted molar refractivity (Wildman–Crippen MR) is 121 cm³/mol. The number of piperidine rings is 2. The number of carbonyl (C=O) groups excluding carboxylic acids is 2. The normalized spacial score (nSPS) is 20.3. The lowest BCUT2D eigenvalue weighted by Gasteiger charge is -2.45. The van der Waals surface area contributed by atoms with Gasteiger partial charge in [0, 0.05) is 26.2 Å². The summed E-state index contributed by atoms with van der Waals surface area (Å²) in [6.45, 7) is 8.69. The highest BCUT2D eigenvalue weighted by molar-refractivity contribution is 5.83. The number of hydroxylamine groups is 6. The minimum atomic E-state index is -0.989. The molecule has 0 saturated carbocycles. The minimum Gasteiger partial charge on any atom is -0.302 e. The molecule has 1 amide bonds. The highest BCUT2D eigenvalue weighted by Gasteiger charge is 2.45. The van der Waals surface area contributed by atoms with Crippen LogP contribution in [-0.2, 0) is 30.5 Å². The van der Waals surface area contributed by atoms with Crippen molar-refractivity contribution in [1.29, 1.82) is 0 Å². The summed E-state index contributed by atoms with van der Waals surface area (Å²) < 4.78 is 0. The molecule has 8 nitrogen and oxygen atoms in total. The van der Waals surface area contributed by atoms with Crippen LogP contribution >= 0.6 is 0 Å². The number of nitrogens with zero attached hydrogens (tertiary/aromatic N) is 3. The number of hydrogen-bond donors (Lipinski definition) is 0. The van der Waals surface area contributed by atoms with E-state index in [-0.39, 0.29) is 18.4 Å². The molecule has 0 N–H and O–H groups in total. The SMILES string of the molecule is CON1CCC(ON(C(=O)Cc2c(C)cc(C)cc2C)C2(C=O)CCN(OC)CC2)CC1. The Bertz CT molecular complexity index is 776. The lowest BCUT2D eigenvalue weighted by Crippen LogP contribution is -2.60. The van der Waals surface area contributed by atoms with Crippen LogP contribution in [0.2, 0.25) is 0 Å². The van der Waals surface area contributed by atoms with E-state index in [4.69, 9.17) is 14.5 Å². The zero-order valence-corrected chi connectivity index (χ0v) is 20.1. The number of carbonyl (C=O) groups is 2. The van der Waals surface area contributed by atoms with Gasteiger partial charge in [-0.25, -0.2) is 5.06 Å². The maximum absolute atomic E-state index is 13.7. The van der Waals surface area contributed by atoms with Crippen molar-refractivity contribution in [3.63, 3.8) is 0 Å². The molecule has 0 bridgehead atoms. The van der Waals surface area contributed by atoms with E-state index in [2.05, 4.69) is 19.1 Å². The summed E-state index contributed by atoms with van der Waals surface area (Å²) in [6.07, 6.45) is 3.38. The van der Waals surface area contributed by atoms with E-state index in [1.54, 1.807) is 14.2 Å². The van der Waals surface area contributed by atoms with Gasteiger partial charge in [0.2, 0.25) is 0 Å². The molecule has 0 spiro atoms. The van der Waals surface area contributed by atoms with E-state index in [9.17, 15) is 9.59 Å². The lowest BCUT2D eigenvalue weighted by molar-refractivity contribution is -0.266. The van der Waals surface area contributed by atoms with E-state index in [0.29, 0.717) is 25.9 Å². The zero-order valence-electron chi connectivity index (χ0n) is 20.1. The monoisotopic (exact) mass is 447 g/mol. The third-order valence-electron chi connectivity index (χ3n) is 6.78. The van der Waals surface area contributed by atoms with Crippen molar-refractivity contribution < 1.29 is 24.1 Å². The third kappa shape index (κ3) is 5.55. The fraction of sp³-hybridized carbons (Fsp3) is 0.667. The summed E-state index contributed by atoms with van der Waals surface area (Å²) >= 11 is 0. The summed E-state index contributed by atoms with van der Waals surface area (Å²) in [5, 5.41) is 5.12. The first kappa shape index (κ1) is 24.8. The molecular weight excluding hydrogens is 410 g/mol. The van der Waals surface area contributed by atoms with Crippen LogP contribution in [0.5, 0.6) is 0 Å². The van der Waals surface area contributed by atoms with Gasteiger partial charge in [0.05, 0.1) is 26.7 Å². The molecule has 1 aromatic rings. The molecule has 0 aliphatic carbocycles. The Morgan fingerprint density at radius 3 is 2.06 bits per heavy atom. The molecule has 2 aliphatic rings. The van der Waals surface area contributed by atoms with Crippen LogP contribution in [0.1, 0.15) is 47.9 Å². The van der Waals surface area contributed by atoms with Gasteiger partial charge in [0.25, 0.3) is 5.91 Å². The van der Waals surface area contributed by atoms with E-state index in [1.807, 2.05) is 24.0 Å². The number of amides is 1. The molecule has 0 aromatic heterocycles. The van der Waals surface area contributed by atoms with Crippen LogP contribution in [-0.4, -0.2) is 79.4 Å². The van der Waals surface area contributed by atoms with Crippen molar-refractivity contribution in [2.45, 2.75) is 64.5 Å². The molecule has 0 radical (unpaired) electrons.